The normalized spacial score (nSPS) is 21.0. The third-order valence-electron chi connectivity index (χ3n) is 2.76. The van der Waals surface area contributed by atoms with Gasteiger partial charge in [0.25, 0.3) is 0 Å². The average molecular weight is 174 g/mol. The van der Waals surface area contributed by atoms with E-state index in [1.165, 1.54) is 5.56 Å². The van der Waals surface area contributed by atoms with Crippen molar-refractivity contribution in [2.24, 2.45) is 4.99 Å². The Labute approximate surface area is 78.9 Å². The number of rotatable bonds is 0. The Morgan fingerprint density at radius 2 is 2.00 bits per heavy atom. The van der Waals surface area contributed by atoms with Crippen LogP contribution in [0.25, 0.3) is 0 Å². The summed E-state index contributed by atoms with van der Waals surface area (Å²) in [5, 5.41) is 0. The molecule has 1 heterocycles. The number of para-hydroxylation sites is 1. The van der Waals surface area contributed by atoms with Crippen LogP contribution >= 0.6 is 0 Å². The van der Waals surface area contributed by atoms with E-state index in [-0.39, 0.29) is 0 Å². The van der Waals surface area contributed by atoms with Crippen LogP contribution in [-0.2, 0) is 0 Å². The smallest absolute Gasteiger partial charge is 0.102 e. The molecule has 1 aromatic carbocycles. The number of hydrogen-bond acceptors (Lipinski definition) is 2. The Balaban J connectivity index is 2.56. The fourth-order valence-corrected chi connectivity index (χ4v) is 1.68. The van der Waals surface area contributed by atoms with Crippen molar-refractivity contribution in [3.8, 4) is 0 Å². The van der Waals surface area contributed by atoms with E-state index in [1.54, 1.807) is 0 Å². The van der Waals surface area contributed by atoms with Crippen LogP contribution in [0, 0.1) is 0 Å². The Morgan fingerprint density at radius 1 is 1.31 bits per heavy atom. The van der Waals surface area contributed by atoms with Gasteiger partial charge in [0, 0.05) is 7.05 Å². The lowest BCUT2D eigenvalue weighted by Crippen LogP contribution is -2.29. The molecule has 0 amide bonds. The van der Waals surface area contributed by atoms with Gasteiger partial charge in [-0.15, -0.1) is 0 Å². The molecule has 0 radical (unpaired) electrons. The molecule has 0 fully saturated rings. The van der Waals surface area contributed by atoms with Gasteiger partial charge in [0.2, 0.25) is 0 Å². The standard InChI is InChI=1S/C11H14N2/c1-8-10-6-4-5-7-11(10)12-9(2)13(8)3/h4-8H,1-3H3. The van der Waals surface area contributed by atoms with Crippen LogP contribution in [0.15, 0.2) is 29.3 Å². The Kier molecular flexibility index (Phi) is 1.83. The monoisotopic (exact) mass is 174 g/mol. The van der Waals surface area contributed by atoms with Gasteiger partial charge in [0.05, 0.1) is 11.7 Å². The number of benzene rings is 1. The molecule has 0 saturated carbocycles. The molecule has 1 aromatic rings. The van der Waals surface area contributed by atoms with E-state index in [4.69, 9.17) is 0 Å². The zero-order valence-corrected chi connectivity index (χ0v) is 8.28. The first-order valence-electron chi connectivity index (χ1n) is 4.57. The highest BCUT2D eigenvalue weighted by atomic mass is 15.2. The van der Waals surface area contributed by atoms with Gasteiger partial charge >= 0.3 is 0 Å². The third kappa shape index (κ3) is 1.22. The summed E-state index contributed by atoms with van der Waals surface area (Å²) in [7, 11) is 2.08. The van der Waals surface area contributed by atoms with Crippen molar-refractivity contribution in [3.05, 3.63) is 29.8 Å². The predicted octanol–water partition coefficient (Wildman–Crippen LogP) is 2.74. The van der Waals surface area contributed by atoms with Crippen LogP contribution in [0.4, 0.5) is 5.69 Å². The fourth-order valence-electron chi connectivity index (χ4n) is 1.68. The van der Waals surface area contributed by atoms with Gasteiger partial charge in [-0.3, -0.25) is 0 Å². The van der Waals surface area contributed by atoms with Gasteiger partial charge in [0.15, 0.2) is 0 Å². The van der Waals surface area contributed by atoms with Crippen LogP contribution < -0.4 is 0 Å². The van der Waals surface area contributed by atoms with Crippen LogP contribution in [0.5, 0.6) is 0 Å². The summed E-state index contributed by atoms with van der Waals surface area (Å²) in [6, 6.07) is 8.76. The van der Waals surface area contributed by atoms with Crippen LogP contribution in [0.2, 0.25) is 0 Å². The summed E-state index contributed by atoms with van der Waals surface area (Å²) in [6.45, 7) is 4.25. The molecule has 1 atom stereocenters. The molecule has 0 aromatic heterocycles. The van der Waals surface area contributed by atoms with Gasteiger partial charge in [-0.1, -0.05) is 18.2 Å². The number of amidine groups is 1. The van der Waals surface area contributed by atoms with Crippen molar-refractivity contribution in [2.75, 3.05) is 7.05 Å². The molecule has 0 N–H and O–H groups in total. The van der Waals surface area contributed by atoms with Crippen molar-refractivity contribution >= 4 is 11.5 Å². The van der Waals surface area contributed by atoms with Gasteiger partial charge in [-0.2, -0.15) is 0 Å². The van der Waals surface area contributed by atoms with Crippen LogP contribution in [0.3, 0.4) is 0 Å². The molecule has 1 aliphatic rings. The number of nitrogens with zero attached hydrogens (tertiary/aromatic N) is 2. The first-order chi connectivity index (χ1) is 6.20. The third-order valence-corrected chi connectivity index (χ3v) is 2.76. The predicted molar refractivity (Wildman–Crippen MR) is 55.4 cm³/mol. The summed E-state index contributed by atoms with van der Waals surface area (Å²) in [6.07, 6.45) is 0. The molecule has 0 spiro atoms. The minimum absolute atomic E-state index is 0.439. The van der Waals surface area contributed by atoms with Gasteiger partial charge in [0.1, 0.15) is 5.84 Å². The quantitative estimate of drug-likeness (QED) is 0.590. The van der Waals surface area contributed by atoms with Crippen molar-refractivity contribution in [1.29, 1.82) is 0 Å². The van der Waals surface area contributed by atoms with E-state index in [2.05, 4.69) is 42.1 Å². The maximum atomic E-state index is 4.52. The first kappa shape index (κ1) is 8.30. The molecule has 0 bridgehead atoms. The van der Waals surface area contributed by atoms with Crippen molar-refractivity contribution < 1.29 is 0 Å². The largest absolute Gasteiger partial charge is 0.356 e. The first-order valence-corrected chi connectivity index (χ1v) is 4.57. The second kappa shape index (κ2) is 2.87. The topological polar surface area (TPSA) is 15.6 Å². The molecular weight excluding hydrogens is 160 g/mol. The molecule has 1 aliphatic heterocycles. The highest BCUT2D eigenvalue weighted by Gasteiger charge is 2.20. The van der Waals surface area contributed by atoms with Crippen molar-refractivity contribution in [3.63, 3.8) is 0 Å². The summed E-state index contributed by atoms with van der Waals surface area (Å²) < 4.78 is 0. The van der Waals surface area contributed by atoms with E-state index in [0.717, 1.165) is 11.5 Å². The zero-order chi connectivity index (χ0) is 9.42. The molecule has 2 nitrogen and oxygen atoms in total. The molecule has 2 rings (SSSR count). The maximum absolute atomic E-state index is 4.52. The van der Waals surface area contributed by atoms with Gasteiger partial charge in [-0.25, -0.2) is 4.99 Å². The Hall–Kier alpha value is -1.31. The molecule has 2 heteroatoms. The lowest BCUT2D eigenvalue weighted by Gasteiger charge is -2.31. The van der Waals surface area contributed by atoms with Crippen LogP contribution in [-0.4, -0.2) is 17.8 Å². The van der Waals surface area contributed by atoms with Crippen molar-refractivity contribution in [1.82, 2.24) is 4.90 Å². The van der Waals surface area contributed by atoms with E-state index in [9.17, 15) is 0 Å². The number of fused-ring (bicyclic) bond motifs is 1. The summed E-state index contributed by atoms with van der Waals surface area (Å²) in [5.41, 5.74) is 2.43. The molecule has 1 unspecified atom stereocenters. The summed E-state index contributed by atoms with van der Waals surface area (Å²) in [5.74, 6) is 1.09. The summed E-state index contributed by atoms with van der Waals surface area (Å²) >= 11 is 0. The average Bonchev–Trinajstić information content (AvgIpc) is 2.15. The Bertz CT molecular complexity index is 355. The van der Waals surface area contributed by atoms with Gasteiger partial charge in [-0.05, 0) is 25.5 Å². The van der Waals surface area contributed by atoms with E-state index >= 15 is 0 Å². The fraction of sp³-hybridized carbons (Fsp3) is 0.364. The zero-order valence-electron chi connectivity index (χ0n) is 8.28. The lowest BCUT2D eigenvalue weighted by atomic mass is 10.0. The Morgan fingerprint density at radius 3 is 2.77 bits per heavy atom. The SMILES string of the molecule is CC1=Nc2ccccc2C(C)N1C. The van der Waals surface area contributed by atoms with Crippen LogP contribution in [0.1, 0.15) is 25.5 Å². The lowest BCUT2D eigenvalue weighted by molar-refractivity contribution is 0.394. The van der Waals surface area contributed by atoms with E-state index in [1.807, 2.05) is 13.0 Å². The van der Waals surface area contributed by atoms with E-state index in [0.29, 0.717) is 6.04 Å². The molecule has 68 valence electrons. The second-order valence-electron chi connectivity index (χ2n) is 3.50. The molecule has 0 aliphatic carbocycles. The second-order valence-corrected chi connectivity index (χ2v) is 3.50. The molecular formula is C11H14N2. The minimum Gasteiger partial charge on any atom is -0.356 e. The van der Waals surface area contributed by atoms with Gasteiger partial charge < -0.3 is 4.90 Å². The summed E-state index contributed by atoms with van der Waals surface area (Å²) in [4.78, 5) is 6.72. The number of aliphatic imine (C=N–C) groups is 1. The van der Waals surface area contributed by atoms with E-state index < -0.39 is 0 Å². The van der Waals surface area contributed by atoms with Crippen molar-refractivity contribution in [2.45, 2.75) is 19.9 Å². The minimum atomic E-state index is 0.439. The highest BCUT2D eigenvalue weighted by Crippen LogP contribution is 2.32. The molecule has 0 saturated heterocycles. The maximum Gasteiger partial charge on any atom is 0.102 e. The highest BCUT2D eigenvalue weighted by molar-refractivity contribution is 5.85. The molecule has 13 heavy (non-hydrogen) atoms. The number of hydrogen-bond donors (Lipinski definition) is 0.